The lowest BCUT2D eigenvalue weighted by atomic mass is 10.2. The van der Waals surface area contributed by atoms with Gasteiger partial charge >= 0.3 is 6.03 Å². The topological polar surface area (TPSA) is 32.3 Å². The van der Waals surface area contributed by atoms with E-state index in [9.17, 15) is 13.6 Å². The van der Waals surface area contributed by atoms with Crippen LogP contribution in [0.1, 0.15) is 6.42 Å². The molecule has 1 fully saturated rings. The molecule has 0 radical (unpaired) electrons. The van der Waals surface area contributed by atoms with Crippen molar-refractivity contribution in [2.45, 2.75) is 6.42 Å². The number of carbonyl (C=O) groups is 1. The van der Waals surface area contributed by atoms with Gasteiger partial charge in [-0.05, 0) is 18.6 Å². The molecule has 0 bridgehead atoms. The van der Waals surface area contributed by atoms with Crippen LogP contribution in [0.15, 0.2) is 18.2 Å². The highest BCUT2D eigenvalue weighted by atomic mass is 19.1. The first-order valence-electron chi connectivity index (χ1n) is 4.69. The molecule has 0 atom stereocenters. The van der Waals surface area contributed by atoms with E-state index in [0.29, 0.717) is 19.5 Å². The van der Waals surface area contributed by atoms with Gasteiger partial charge in [0.15, 0.2) is 0 Å². The smallest absolute Gasteiger partial charge is 0.322 e. The molecule has 1 aromatic rings. The second-order valence-corrected chi connectivity index (χ2v) is 3.31. The summed E-state index contributed by atoms with van der Waals surface area (Å²) in [4.78, 5) is 12.5. The first kappa shape index (κ1) is 9.89. The molecule has 1 aliphatic rings. The van der Waals surface area contributed by atoms with Gasteiger partial charge in [0.05, 0.1) is 0 Å². The maximum atomic E-state index is 13.3. The first-order chi connectivity index (χ1) is 7.20. The van der Waals surface area contributed by atoms with Crippen LogP contribution in [-0.4, -0.2) is 19.1 Å². The lowest BCUT2D eigenvalue weighted by Gasteiger charge is -2.27. The molecule has 3 nitrogen and oxygen atoms in total. The highest BCUT2D eigenvalue weighted by Crippen LogP contribution is 2.24. The SMILES string of the molecule is O=C1NCCCN1c1c(F)cccc1F. The Kier molecular flexibility index (Phi) is 2.53. The normalized spacial score (nSPS) is 16.4. The molecule has 1 saturated heterocycles. The van der Waals surface area contributed by atoms with E-state index < -0.39 is 17.7 Å². The van der Waals surface area contributed by atoms with E-state index in [0.717, 1.165) is 17.0 Å². The molecule has 0 aliphatic carbocycles. The lowest BCUT2D eigenvalue weighted by Crippen LogP contribution is -2.47. The molecule has 0 aromatic heterocycles. The monoisotopic (exact) mass is 212 g/mol. The molecule has 1 aromatic carbocycles. The van der Waals surface area contributed by atoms with Gasteiger partial charge in [0.1, 0.15) is 17.3 Å². The fourth-order valence-corrected chi connectivity index (χ4v) is 1.59. The molecule has 1 aliphatic heterocycles. The van der Waals surface area contributed by atoms with E-state index in [1.54, 1.807) is 0 Å². The van der Waals surface area contributed by atoms with Crippen LogP contribution in [-0.2, 0) is 0 Å². The predicted molar refractivity (Wildman–Crippen MR) is 51.7 cm³/mol. The molecule has 80 valence electrons. The Hall–Kier alpha value is -1.65. The summed E-state index contributed by atoms with van der Waals surface area (Å²) >= 11 is 0. The Morgan fingerprint density at radius 3 is 2.53 bits per heavy atom. The van der Waals surface area contributed by atoms with Gasteiger partial charge < -0.3 is 5.32 Å². The number of amides is 2. The predicted octanol–water partition coefficient (Wildman–Crippen LogP) is 1.88. The van der Waals surface area contributed by atoms with Crippen LogP contribution < -0.4 is 10.2 Å². The van der Waals surface area contributed by atoms with Crippen molar-refractivity contribution in [3.8, 4) is 0 Å². The fourth-order valence-electron chi connectivity index (χ4n) is 1.59. The van der Waals surface area contributed by atoms with Crippen LogP contribution in [0.4, 0.5) is 19.3 Å². The summed E-state index contributed by atoms with van der Waals surface area (Å²) in [5, 5.41) is 2.54. The van der Waals surface area contributed by atoms with Crippen molar-refractivity contribution < 1.29 is 13.6 Å². The standard InChI is InChI=1S/C10H10F2N2O/c11-7-3-1-4-8(12)9(7)14-6-2-5-13-10(14)15/h1,3-4H,2,5-6H2,(H,13,15). The Morgan fingerprint density at radius 2 is 1.93 bits per heavy atom. The van der Waals surface area contributed by atoms with E-state index in [2.05, 4.69) is 5.32 Å². The third-order valence-corrected chi connectivity index (χ3v) is 2.29. The van der Waals surface area contributed by atoms with Crippen molar-refractivity contribution in [1.29, 1.82) is 0 Å². The quantitative estimate of drug-likeness (QED) is 0.757. The van der Waals surface area contributed by atoms with E-state index >= 15 is 0 Å². The first-order valence-corrected chi connectivity index (χ1v) is 4.69. The summed E-state index contributed by atoms with van der Waals surface area (Å²) < 4.78 is 26.7. The minimum absolute atomic E-state index is 0.269. The number of hydrogen-bond acceptors (Lipinski definition) is 1. The third kappa shape index (κ3) is 1.77. The summed E-state index contributed by atoms with van der Waals surface area (Å²) in [6.07, 6.45) is 0.680. The van der Waals surface area contributed by atoms with Crippen molar-refractivity contribution in [2.75, 3.05) is 18.0 Å². The zero-order valence-corrected chi connectivity index (χ0v) is 7.96. The maximum absolute atomic E-state index is 13.3. The molecule has 2 rings (SSSR count). The molecular formula is C10H10F2N2O. The Morgan fingerprint density at radius 1 is 1.27 bits per heavy atom. The fraction of sp³-hybridized carbons (Fsp3) is 0.300. The van der Waals surface area contributed by atoms with Crippen molar-refractivity contribution >= 4 is 11.7 Å². The summed E-state index contributed by atoms with van der Waals surface area (Å²) in [6.45, 7) is 0.884. The Labute approximate surface area is 85.7 Å². The van der Waals surface area contributed by atoms with Crippen LogP contribution in [0, 0.1) is 11.6 Å². The van der Waals surface area contributed by atoms with E-state index in [1.807, 2.05) is 0 Å². The van der Waals surface area contributed by atoms with E-state index in [4.69, 9.17) is 0 Å². The van der Waals surface area contributed by atoms with Crippen LogP contribution in [0.5, 0.6) is 0 Å². The minimum Gasteiger partial charge on any atom is -0.338 e. The third-order valence-electron chi connectivity index (χ3n) is 2.29. The van der Waals surface area contributed by atoms with Gasteiger partial charge in [0.25, 0.3) is 0 Å². The van der Waals surface area contributed by atoms with Crippen molar-refractivity contribution in [3.05, 3.63) is 29.8 Å². The molecule has 0 spiro atoms. The van der Waals surface area contributed by atoms with Gasteiger partial charge in [-0.1, -0.05) is 6.07 Å². The van der Waals surface area contributed by atoms with Crippen LogP contribution in [0.3, 0.4) is 0 Å². The molecule has 5 heteroatoms. The number of para-hydroxylation sites is 1. The molecular weight excluding hydrogens is 202 g/mol. The summed E-state index contributed by atoms with van der Waals surface area (Å²) in [6, 6.07) is 3.10. The zero-order valence-electron chi connectivity index (χ0n) is 7.96. The van der Waals surface area contributed by atoms with Gasteiger partial charge in [0, 0.05) is 13.1 Å². The van der Waals surface area contributed by atoms with Crippen LogP contribution >= 0.6 is 0 Å². The molecule has 2 amide bonds. The van der Waals surface area contributed by atoms with Crippen molar-refractivity contribution in [2.24, 2.45) is 0 Å². The van der Waals surface area contributed by atoms with Gasteiger partial charge in [-0.2, -0.15) is 0 Å². The largest absolute Gasteiger partial charge is 0.338 e. The number of anilines is 1. The van der Waals surface area contributed by atoms with E-state index in [1.165, 1.54) is 6.07 Å². The average Bonchev–Trinajstić information content (AvgIpc) is 2.20. The van der Waals surface area contributed by atoms with Gasteiger partial charge in [0.2, 0.25) is 0 Å². The summed E-state index contributed by atoms with van der Waals surface area (Å²) in [5.41, 5.74) is -0.269. The number of benzene rings is 1. The summed E-state index contributed by atoms with van der Waals surface area (Å²) in [5.74, 6) is -1.43. The number of nitrogens with one attached hydrogen (secondary N) is 1. The number of rotatable bonds is 1. The van der Waals surface area contributed by atoms with Gasteiger partial charge in [-0.15, -0.1) is 0 Å². The van der Waals surface area contributed by atoms with Gasteiger partial charge in [-0.3, -0.25) is 4.90 Å². The molecule has 0 saturated carbocycles. The van der Waals surface area contributed by atoms with Crippen molar-refractivity contribution in [1.82, 2.24) is 5.32 Å². The van der Waals surface area contributed by atoms with E-state index in [-0.39, 0.29) is 5.69 Å². The Bertz CT molecular complexity index is 375. The number of urea groups is 1. The summed E-state index contributed by atoms with van der Waals surface area (Å²) in [7, 11) is 0. The lowest BCUT2D eigenvalue weighted by molar-refractivity contribution is 0.242. The second kappa shape index (κ2) is 3.84. The minimum atomic E-state index is -0.716. The highest BCUT2D eigenvalue weighted by molar-refractivity contribution is 5.92. The highest BCUT2D eigenvalue weighted by Gasteiger charge is 2.24. The number of halogens is 2. The number of hydrogen-bond donors (Lipinski definition) is 1. The molecule has 1 heterocycles. The number of nitrogens with zero attached hydrogens (tertiary/aromatic N) is 1. The zero-order chi connectivity index (χ0) is 10.8. The molecule has 1 N–H and O–H groups in total. The molecule has 15 heavy (non-hydrogen) atoms. The van der Waals surface area contributed by atoms with Crippen LogP contribution in [0.25, 0.3) is 0 Å². The maximum Gasteiger partial charge on any atom is 0.322 e. The van der Waals surface area contributed by atoms with Crippen LogP contribution in [0.2, 0.25) is 0 Å². The second-order valence-electron chi connectivity index (χ2n) is 3.31. The molecule has 0 unspecified atom stereocenters. The number of carbonyl (C=O) groups excluding carboxylic acids is 1. The average molecular weight is 212 g/mol. The van der Waals surface area contributed by atoms with Crippen molar-refractivity contribution in [3.63, 3.8) is 0 Å². The Balaban J connectivity index is 2.39. The van der Waals surface area contributed by atoms with Gasteiger partial charge in [-0.25, -0.2) is 13.6 Å².